The zero-order valence-corrected chi connectivity index (χ0v) is 21.6. The molecule has 0 unspecified atom stereocenters. The lowest BCUT2D eigenvalue weighted by atomic mass is 9.99. The highest BCUT2D eigenvalue weighted by atomic mass is 28.4. The molecule has 0 aliphatic carbocycles. The van der Waals surface area contributed by atoms with Gasteiger partial charge in [-0.25, -0.2) is 0 Å². The third-order valence-corrected chi connectivity index (χ3v) is 15.2. The summed E-state index contributed by atoms with van der Waals surface area (Å²) in [5.41, 5.74) is 3.16. The van der Waals surface area contributed by atoms with Crippen molar-refractivity contribution in [1.82, 2.24) is 0 Å². The molecule has 0 aliphatic heterocycles. The maximum atomic E-state index is 11.3. The summed E-state index contributed by atoms with van der Waals surface area (Å²) < 4.78 is 13.3. The quantitative estimate of drug-likeness (QED) is 0.383. The minimum Gasteiger partial charge on any atom is -0.543 e. The molecular weight excluding hydrogens is 368 g/mol. The number of carbonyl (C=O) groups excluding carboxylic acids is 1. The van der Waals surface area contributed by atoms with Crippen molar-refractivity contribution in [2.24, 2.45) is 0 Å². The van der Waals surface area contributed by atoms with Crippen LogP contribution in [0.15, 0.2) is 6.07 Å². The van der Waals surface area contributed by atoms with Gasteiger partial charge in [0.25, 0.3) is 0 Å². The van der Waals surface area contributed by atoms with Gasteiger partial charge in [0.1, 0.15) is 17.8 Å². The van der Waals surface area contributed by atoms with E-state index < -0.39 is 16.6 Å². The first-order valence-corrected chi connectivity index (χ1v) is 15.7. The Hall–Kier alpha value is -1.08. The Labute approximate surface area is 169 Å². The SMILES string of the molecule is Cc1c(O[Si](C)(C)C(C)(C)C)cc(O[Si](C)(C)C(C)(C)C)c(C)c1CC=O. The second-order valence-corrected chi connectivity index (χ2v) is 20.1. The fourth-order valence-electron chi connectivity index (χ4n) is 2.37. The van der Waals surface area contributed by atoms with Crippen LogP contribution in [0.4, 0.5) is 0 Å². The number of carbonyl (C=O) groups is 1. The Morgan fingerprint density at radius 2 is 1.15 bits per heavy atom. The van der Waals surface area contributed by atoms with Crippen LogP contribution in [0.5, 0.6) is 11.5 Å². The number of benzene rings is 1. The molecule has 27 heavy (non-hydrogen) atoms. The van der Waals surface area contributed by atoms with Crippen molar-refractivity contribution in [2.45, 2.75) is 98.1 Å². The molecule has 0 fully saturated rings. The lowest BCUT2D eigenvalue weighted by molar-refractivity contribution is -0.107. The molecule has 0 radical (unpaired) electrons. The van der Waals surface area contributed by atoms with E-state index in [0.717, 1.165) is 34.5 Å². The van der Waals surface area contributed by atoms with E-state index in [1.54, 1.807) is 0 Å². The minimum absolute atomic E-state index is 0.107. The van der Waals surface area contributed by atoms with E-state index in [1.807, 2.05) is 0 Å². The molecule has 5 heteroatoms. The maximum Gasteiger partial charge on any atom is 0.250 e. The highest BCUT2D eigenvalue weighted by molar-refractivity contribution is 6.75. The van der Waals surface area contributed by atoms with Crippen molar-refractivity contribution in [1.29, 1.82) is 0 Å². The number of aldehydes is 1. The predicted octanol–water partition coefficient (Wildman–Crippen LogP) is 6.81. The molecule has 0 bridgehead atoms. The van der Waals surface area contributed by atoms with Gasteiger partial charge in [0.15, 0.2) is 0 Å². The van der Waals surface area contributed by atoms with E-state index in [4.69, 9.17) is 8.85 Å². The summed E-state index contributed by atoms with van der Waals surface area (Å²) in [6.07, 6.45) is 1.36. The van der Waals surface area contributed by atoms with Gasteiger partial charge >= 0.3 is 0 Å². The maximum absolute atomic E-state index is 11.3. The van der Waals surface area contributed by atoms with Gasteiger partial charge in [-0.2, -0.15) is 0 Å². The van der Waals surface area contributed by atoms with Gasteiger partial charge in [0, 0.05) is 12.5 Å². The fraction of sp³-hybridized carbons (Fsp3) is 0.682. The molecule has 0 aliphatic rings. The third kappa shape index (κ3) is 5.25. The first kappa shape index (κ1) is 24.0. The topological polar surface area (TPSA) is 35.5 Å². The monoisotopic (exact) mass is 408 g/mol. The molecule has 3 nitrogen and oxygen atoms in total. The molecule has 0 atom stereocenters. The van der Waals surface area contributed by atoms with E-state index in [2.05, 4.69) is 87.6 Å². The van der Waals surface area contributed by atoms with Crippen molar-refractivity contribution >= 4 is 22.9 Å². The lowest BCUT2D eigenvalue weighted by Crippen LogP contribution is -2.45. The normalized spacial score (nSPS) is 13.5. The van der Waals surface area contributed by atoms with Crippen LogP contribution >= 0.6 is 0 Å². The first-order valence-electron chi connectivity index (χ1n) is 9.89. The summed E-state index contributed by atoms with van der Waals surface area (Å²) in [4.78, 5) is 11.3. The van der Waals surface area contributed by atoms with Crippen molar-refractivity contribution in [2.75, 3.05) is 0 Å². The number of hydrogen-bond acceptors (Lipinski definition) is 3. The Kier molecular flexibility index (Phi) is 6.87. The first-order chi connectivity index (χ1) is 11.9. The molecule has 1 aromatic rings. The average molecular weight is 409 g/mol. The van der Waals surface area contributed by atoms with Crippen LogP contribution < -0.4 is 8.85 Å². The average Bonchev–Trinajstić information content (AvgIpc) is 2.45. The second kappa shape index (κ2) is 7.74. The fourth-order valence-corrected chi connectivity index (χ4v) is 4.51. The highest BCUT2D eigenvalue weighted by Gasteiger charge is 2.41. The summed E-state index contributed by atoms with van der Waals surface area (Å²) in [5, 5.41) is 0.213. The smallest absolute Gasteiger partial charge is 0.250 e. The Morgan fingerprint density at radius 3 is 1.41 bits per heavy atom. The zero-order valence-electron chi connectivity index (χ0n) is 19.6. The summed E-state index contributed by atoms with van der Waals surface area (Å²) in [6.45, 7) is 26.5. The van der Waals surface area contributed by atoms with Crippen LogP contribution in [0.3, 0.4) is 0 Å². The molecule has 154 valence electrons. The van der Waals surface area contributed by atoms with Gasteiger partial charge in [0.2, 0.25) is 16.6 Å². The Bertz CT molecular complexity index is 641. The second-order valence-electron chi connectivity index (χ2n) is 10.7. The number of hydrogen-bond donors (Lipinski definition) is 0. The molecule has 0 N–H and O–H groups in total. The summed E-state index contributed by atoms with van der Waals surface area (Å²) in [5.74, 6) is 1.75. The van der Waals surface area contributed by atoms with Crippen LogP contribution in [-0.4, -0.2) is 22.9 Å². The van der Waals surface area contributed by atoms with Crippen LogP contribution in [0, 0.1) is 13.8 Å². The van der Waals surface area contributed by atoms with Gasteiger partial charge in [-0.1, -0.05) is 41.5 Å². The van der Waals surface area contributed by atoms with E-state index >= 15 is 0 Å². The van der Waals surface area contributed by atoms with E-state index in [-0.39, 0.29) is 10.1 Å². The standard InChI is InChI=1S/C22H40O3Si2/c1-16-18(13-14-23)17(2)20(25-27(11,12)22(6,7)8)15-19(16)24-26(9,10)21(3,4)5/h14-15H,13H2,1-12H3. The minimum atomic E-state index is -1.99. The molecule has 1 rings (SSSR count). The van der Waals surface area contributed by atoms with E-state index in [0.29, 0.717) is 6.42 Å². The van der Waals surface area contributed by atoms with E-state index in [9.17, 15) is 4.79 Å². The molecule has 0 aromatic heterocycles. The van der Waals surface area contributed by atoms with Crippen LogP contribution in [0.1, 0.15) is 58.2 Å². The predicted molar refractivity (Wildman–Crippen MR) is 121 cm³/mol. The van der Waals surface area contributed by atoms with Gasteiger partial charge in [0.05, 0.1) is 0 Å². The summed E-state index contributed by atoms with van der Waals surface area (Å²) in [6, 6.07) is 2.07. The van der Waals surface area contributed by atoms with E-state index in [1.165, 1.54) is 0 Å². The van der Waals surface area contributed by atoms with Gasteiger partial charge in [-0.05, 0) is 66.8 Å². The Morgan fingerprint density at radius 1 is 0.815 bits per heavy atom. The zero-order chi connectivity index (χ0) is 21.4. The molecule has 0 spiro atoms. The van der Waals surface area contributed by atoms with Crippen LogP contribution in [-0.2, 0) is 11.2 Å². The van der Waals surface area contributed by atoms with Crippen molar-refractivity contribution < 1.29 is 13.6 Å². The molecule has 0 amide bonds. The van der Waals surface area contributed by atoms with Crippen molar-refractivity contribution in [3.05, 3.63) is 22.8 Å². The van der Waals surface area contributed by atoms with Crippen molar-refractivity contribution in [3.63, 3.8) is 0 Å². The molecular formula is C22H40O3Si2. The summed E-state index contributed by atoms with van der Waals surface area (Å²) >= 11 is 0. The van der Waals surface area contributed by atoms with Gasteiger partial charge in [-0.3, -0.25) is 0 Å². The van der Waals surface area contributed by atoms with Crippen LogP contribution in [0.2, 0.25) is 36.3 Å². The van der Waals surface area contributed by atoms with Gasteiger partial charge < -0.3 is 13.6 Å². The highest BCUT2D eigenvalue weighted by Crippen LogP contribution is 2.43. The molecule has 1 aromatic carbocycles. The number of rotatable bonds is 6. The molecule has 0 heterocycles. The lowest BCUT2D eigenvalue weighted by Gasteiger charge is -2.39. The largest absolute Gasteiger partial charge is 0.543 e. The third-order valence-electron chi connectivity index (χ3n) is 6.54. The van der Waals surface area contributed by atoms with Crippen LogP contribution in [0.25, 0.3) is 0 Å². The van der Waals surface area contributed by atoms with Crippen molar-refractivity contribution in [3.8, 4) is 11.5 Å². The van der Waals surface area contributed by atoms with Gasteiger partial charge in [-0.15, -0.1) is 0 Å². The Balaban J connectivity index is 3.54. The molecule has 0 saturated carbocycles. The summed E-state index contributed by atoms with van der Waals surface area (Å²) in [7, 11) is -3.98. The molecule has 0 saturated heterocycles.